The van der Waals surface area contributed by atoms with Crippen molar-refractivity contribution < 1.29 is 28.7 Å². The zero-order valence-corrected chi connectivity index (χ0v) is 14.8. The van der Waals surface area contributed by atoms with Crippen LogP contribution >= 0.6 is 0 Å². The summed E-state index contributed by atoms with van der Waals surface area (Å²) >= 11 is 0. The van der Waals surface area contributed by atoms with Gasteiger partial charge in [-0.05, 0) is 18.1 Å². The highest BCUT2D eigenvalue weighted by atomic mass is 16.7. The largest absolute Gasteiger partial charge is 0.469 e. The molecule has 2 fully saturated rings. The number of anilines is 1. The lowest BCUT2D eigenvalue weighted by molar-refractivity contribution is -0.185. The molecule has 1 spiro atoms. The fourth-order valence-electron chi connectivity index (χ4n) is 4.53. The molecule has 4 atom stereocenters. The van der Waals surface area contributed by atoms with Crippen molar-refractivity contribution >= 4 is 23.5 Å². The Morgan fingerprint density at radius 2 is 1.88 bits per heavy atom. The third-order valence-electron chi connectivity index (χ3n) is 5.74. The highest BCUT2D eigenvalue weighted by Crippen LogP contribution is 2.52. The zero-order chi connectivity index (χ0) is 18.6. The molecule has 0 unspecified atom stereocenters. The number of ether oxygens (including phenoxy) is 2. The molecule has 0 aromatic heterocycles. The van der Waals surface area contributed by atoms with Crippen LogP contribution in [-0.4, -0.2) is 62.9 Å². The number of carbonyl (C=O) groups excluding carboxylic acids is 3. The Balaban J connectivity index is 1.72. The highest BCUT2D eigenvalue weighted by molar-refractivity contribution is 6.08. The number of hydrogen-bond acceptors (Lipinski definition) is 7. The summed E-state index contributed by atoms with van der Waals surface area (Å²) < 4.78 is 9.65. The first kappa shape index (κ1) is 17.0. The molecule has 0 radical (unpaired) electrons. The Labute approximate surface area is 150 Å². The van der Waals surface area contributed by atoms with Crippen molar-refractivity contribution in [3.05, 3.63) is 29.8 Å². The fourth-order valence-corrected chi connectivity index (χ4v) is 4.53. The lowest BCUT2D eigenvalue weighted by atomic mass is 9.77. The SMILES string of the molecule is COC(=O)[C@H]1[C@@H](C(=O)OC)ON2C[C@]3(C[C@H]12)C(=O)N(C)c1ccccc13. The van der Waals surface area contributed by atoms with E-state index in [9.17, 15) is 14.4 Å². The van der Waals surface area contributed by atoms with E-state index in [0.717, 1.165) is 11.3 Å². The van der Waals surface area contributed by atoms with Gasteiger partial charge >= 0.3 is 11.9 Å². The van der Waals surface area contributed by atoms with E-state index >= 15 is 0 Å². The van der Waals surface area contributed by atoms with E-state index in [2.05, 4.69) is 0 Å². The Morgan fingerprint density at radius 3 is 2.58 bits per heavy atom. The molecular formula is C18H20N2O6. The first-order valence-corrected chi connectivity index (χ1v) is 8.41. The lowest BCUT2D eigenvalue weighted by Crippen LogP contribution is -2.43. The molecule has 0 N–H and O–H groups in total. The second kappa shape index (κ2) is 5.78. The molecule has 4 rings (SSSR count). The Hall–Kier alpha value is -2.45. The van der Waals surface area contributed by atoms with Crippen LogP contribution in [0.4, 0.5) is 5.69 Å². The van der Waals surface area contributed by atoms with E-state index < -0.39 is 35.4 Å². The third-order valence-corrected chi connectivity index (χ3v) is 5.74. The molecule has 0 saturated carbocycles. The summed E-state index contributed by atoms with van der Waals surface area (Å²) in [7, 11) is 4.26. The maximum atomic E-state index is 13.1. The molecule has 1 aromatic rings. The maximum absolute atomic E-state index is 13.1. The van der Waals surface area contributed by atoms with Crippen LogP contribution in [0.5, 0.6) is 0 Å². The van der Waals surface area contributed by atoms with E-state index in [1.54, 1.807) is 17.0 Å². The van der Waals surface area contributed by atoms with Crippen molar-refractivity contribution in [3.63, 3.8) is 0 Å². The summed E-state index contributed by atoms with van der Waals surface area (Å²) in [5.41, 5.74) is 0.991. The fraction of sp³-hybridized carbons (Fsp3) is 0.500. The highest BCUT2D eigenvalue weighted by Gasteiger charge is 2.64. The number of hydrogen-bond donors (Lipinski definition) is 0. The minimum Gasteiger partial charge on any atom is -0.469 e. The van der Waals surface area contributed by atoms with E-state index in [1.807, 2.05) is 24.3 Å². The predicted octanol–water partition coefficient (Wildman–Crippen LogP) is 0.251. The van der Waals surface area contributed by atoms with Crippen LogP contribution in [0.2, 0.25) is 0 Å². The van der Waals surface area contributed by atoms with Crippen LogP contribution in [0.1, 0.15) is 12.0 Å². The van der Waals surface area contributed by atoms with E-state index in [1.165, 1.54) is 14.2 Å². The summed E-state index contributed by atoms with van der Waals surface area (Å²) in [4.78, 5) is 44.9. The van der Waals surface area contributed by atoms with Crippen LogP contribution in [0.25, 0.3) is 0 Å². The van der Waals surface area contributed by atoms with Crippen molar-refractivity contribution in [3.8, 4) is 0 Å². The Morgan fingerprint density at radius 1 is 1.19 bits per heavy atom. The topological polar surface area (TPSA) is 85.4 Å². The van der Waals surface area contributed by atoms with Gasteiger partial charge in [0.05, 0.1) is 25.7 Å². The first-order chi connectivity index (χ1) is 12.4. The van der Waals surface area contributed by atoms with E-state index in [0.29, 0.717) is 6.42 Å². The third kappa shape index (κ3) is 2.05. The van der Waals surface area contributed by atoms with E-state index in [-0.39, 0.29) is 12.5 Å². The van der Waals surface area contributed by atoms with Gasteiger partial charge < -0.3 is 14.4 Å². The summed E-state index contributed by atoms with van der Waals surface area (Å²) in [5, 5.41) is 1.58. The second-order valence-electron chi connectivity index (χ2n) is 6.91. The van der Waals surface area contributed by atoms with Crippen molar-refractivity contribution in [2.75, 3.05) is 32.7 Å². The lowest BCUT2D eigenvalue weighted by Gasteiger charge is -2.25. The number of amides is 1. The quantitative estimate of drug-likeness (QED) is 0.699. The van der Waals surface area contributed by atoms with Gasteiger partial charge in [-0.15, -0.1) is 0 Å². The molecule has 3 heterocycles. The normalized spacial score (nSPS) is 32.7. The molecule has 0 bridgehead atoms. The predicted molar refractivity (Wildman–Crippen MR) is 89.0 cm³/mol. The number of likely N-dealkylation sites (N-methyl/N-ethyl adjacent to an activating group) is 1. The van der Waals surface area contributed by atoms with E-state index in [4.69, 9.17) is 14.3 Å². The monoisotopic (exact) mass is 360 g/mol. The molecule has 8 nitrogen and oxygen atoms in total. The van der Waals surface area contributed by atoms with Crippen LogP contribution in [0.15, 0.2) is 24.3 Å². The van der Waals surface area contributed by atoms with Crippen LogP contribution in [0.3, 0.4) is 0 Å². The average molecular weight is 360 g/mol. The standard InChI is InChI=1S/C18H20N2O6/c1-19-11-7-5-4-6-10(11)18(17(19)23)8-12-13(15(21)24-2)14(16(22)25-3)26-20(12)9-18/h4-7,12-14H,8-9H2,1-3H3/t12-,13-,14+,18+/m1/s1. The molecule has 26 heavy (non-hydrogen) atoms. The molecule has 8 heteroatoms. The summed E-state index contributed by atoms with van der Waals surface area (Å²) in [5.74, 6) is -2.04. The van der Waals surface area contributed by atoms with Crippen molar-refractivity contribution in [1.82, 2.24) is 5.06 Å². The molecule has 1 aromatic carbocycles. The summed E-state index contributed by atoms with van der Waals surface area (Å²) in [6, 6.07) is 7.19. The zero-order valence-electron chi connectivity index (χ0n) is 14.8. The Bertz CT molecular complexity index is 796. The van der Waals surface area contributed by atoms with Gasteiger partial charge in [0.2, 0.25) is 5.91 Å². The molecule has 138 valence electrons. The van der Waals surface area contributed by atoms with Gasteiger partial charge in [-0.3, -0.25) is 14.4 Å². The van der Waals surface area contributed by atoms with Gasteiger partial charge in [0.25, 0.3) is 0 Å². The number of fused-ring (bicyclic) bond motifs is 3. The summed E-state index contributed by atoms with van der Waals surface area (Å²) in [6.07, 6.45) is -0.681. The minimum atomic E-state index is -1.06. The van der Waals surface area contributed by atoms with Crippen molar-refractivity contribution in [2.45, 2.75) is 24.0 Å². The first-order valence-electron chi connectivity index (χ1n) is 8.41. The Kier molecular flexibility index (Phi) is 3.78. The molecule has 2 saturated heterocycles. The number of rotatable bonds is 2. The van der Waals surface area contributed by atoms with Crippen LogP contribution in [0, 0.1) is 5.92 Å². The van der Waals surface area contributed by atoms with Gasteiger partial charge in [-0.1, -0.05) is 18.2 Å². The van der Waals surface area contributed by atoms with Crippen LogP contribution < -0.4 is 4.90 Å². The number of esters is 2. The number of para-hydroxylation sites is 1. The number of carbonyl (C=O) groups is 3. The molecule has 1 amide bonds. The number of methoxy groups -OCH3 is 2. The van der Waals surface area contributed by atoms with Gasteiger partial charge in [0, 0.05) is 19.3 Å². The molecular weight excluding hydrogens is 340 g/mol. The number of hydroxylamine groups is 2. The second-order valence-corrected chi connectivity index (χ2v) is 6.91. The maximum Gasteiger partial charge on any atom is 0.338 e. The van der Waals surface area contributed by atoms with Gasteiger partial charge in [-0.2, -0.15) is 5.06 Å². The molecule has 3 aliphatic rings. The average Bonchev–Trinajstić information content (AvgIpc) is 3.26. The number of nitrogens with zero attached hydrogens (tertiary/aromatic N) is 2. The van der Waals surface area contributed by atoms with Gasteiger partial charge in [0.15, 0.2) is 6.10 Å². The van der Waals surface area contributed by atoms with Crippen molar-refractivity contribution in [1.29, 1.82) is 0 Å². The smallest absolute Gasteiger partial charge is 0.338 e. The van der Waals surface area contributed by atoms with Gasteiger partial charge in [-0.25, -0.2) is 4.79 Å². The summed E-state index contributed by atoms with van der Waals surface area (Å²) in [6.45, 7) is 0.277. The number of benzene rings is 1. The minimum absolute atomic E-state index is 0.0325. The van der Waals surface area contributed by atoms with Gasteiger partial charge in [0.1, 0.15) is 5.92 Å². The van der Waals surface area contributed by atoms with Crippen molar-refractivity contribution in [2.24, 2.45) is 5.92 Å². The van der Waals surface area contributed by atoms with Crippen LogP contribution in [-0.2, 0) is 34.1 Å². The molecule has 3 aliphatic heterocycles. The molecule has 0 aliphatic carbocycles.